The molecule has 1 N–H and O–H groups in total. The number of ether oxygens (including phenoxy) is 1. The summed E-state index contributed by atoms with van der Waals surface area (Å²) in [7, 11) is 0. The van der Waals surface area contributed by atoms with E-state index in [4.69, 9.17) is 4.74 Å². The van der Waals surface area contributed by atoms with Crippen molar-refractivity contribution in [2.75, 3.05) is 19.8 Å². The minimum absolute atomic E-state index is 0.0215. The second-order valence-electron chi connectivity index (χ2n) is 5.05. The van der Waals surface area contributed by atoms with Crippen molar-refractivity contribution in [3.63, 3.8) is 0 Å². The van der Waals surface area contributed by atoms with E-state index in [2.05, 4.69) is 10.2 Å². The third kappa shape index (κ3) is 2.21. The molecule has 0 spiro atoms. The Morgan fingerprint density at radius 1 is 1.47 bits per heavy atom. The second-order valence-corrected chi connectivity index (χ2v) is 5.05. The SMILES string of the molecule is O=C(c1ccnnc1)N1CCOC2C(CO)CCC21. The van der Waals surface area contributed by atoms with Gasteiger partial charge >= 0.3 is 0 Å². The molecule has 1 aliphatic heterocycles. The minimum atomic E-state index is -0.0301. The summed E-state index contributed by atoms with van der Waals surface area (Å²) in [4.78, 5) is 14.3. The molecule has 0 bridgehead atoms. The molecule has 1 aromatic heterocycles. The van der Waals surface area contributed by atoms with Gasteiger partial charge in [-0.2, -0.15) is 10.2 Å². The molecule has 19 heavy (non-hydrogen) atoms. The van der Waals surface area contributed by atoms with Gasteiger partial charge in [0.15, 0.2) is 0 Å². The number of hydrogen-bond acceptors (Lipinski definition) is 5. The third-order valence-electron chi connectivity index (χ3n) is 4.05. The fourth-order valence-electron chi connectivity index (χ4n) is 3.09. The zero-order valence-electron chi connectivity index (χ0n) is 10.6. The number of hydrogen-bond donors (Lipinski definition) is 1. The quantitative estimate of drug-likeness (QED) is 0.818. The third-order valence-corrected chi connectivity index (χ3v) is 4.05. The largest absolute Gasteiger partial charge is 0.396 e. The molecule has 2 aliphatic rings. The van der Waals surface area contributed by atoms with Crippen LogP contribution in [-0.4, -0.2) is 58.0 Å². The predicted octanol–water partition coefficient (Wildman–Crippen LogP) is 0.0885. The lowest BCUT2D eigenvalue weighted by atomic mass is 10.0. The van der Waals surface area contributed by atoms with Crippen LogP contribution in [0.25, 0.3) is 0 Å². The van der Waals surface area contributed by atoms with Gasteiger partial charge in [-0.1, -0.05) is 0 Å². The Bertz CT molecular complexity index is 454. The standard InChI is InChI=1S/C13H17N3O3/c17-8-10-1-2-11-12(10)19-6-5-16(11)13(18)9-3-4-14-15-7-9/h3-4,7,10-12,17H,1-2,5-6,8H2. The Labute approximate surface area is 111 Å². The molecule has 3 atom stereocenters. The number of amides is 1. The van der Waals surface area contributed by atoms with Crippen molar-refractivity contribution in [2.45, 2.75) is 25.0 Å². The van der Waals surface area contributed by atoms with E-state index in [1.807, 2.05) is 4.90 Å². The minimum Gasteiger partial charge on any atom is -0.396 e. The molecule has 1 amide bonds. The first-order chi connectivity index (χ1) is 9.31. The van der Waals surface area contributed by atoms with Crippen LogP contribution in [-0.2, 0) is 4.74 Å². The molecule has 1 saturated carbocycles. The van der Waals surface area contributed by atoms with Crippen LogP contribution in [0, 0.1) is 5.92 Å². The molecule has 6 heteroatoms. The molecule has 2 fully saturated rings. The molecule has 1 aromatic rings. The van der Waals surface area contributed by atoms with Crippen LogP contribution in [0.5, 0.6) is 0 Å². The number of carbonyl (C=O) groups excluding carboxylic acids is 1. The van der Waals surface area contributed by atoms with E-state index in [1.165, 1.54) is 12.4 Å². The van der Waals surface area contributed by atoms with Crippen molar-refractivity contribution in [1.29, 1.82) is 0 Å². The van der Waals surface area contributed by atoms with Crippen LogP contribution in [0.2, 0.25) is 0 Å². The van der Waals surface area contributed by atoms with Gasteiger partial charge in [-0.3, -0.25) is 4.79 Å². The Morgan fingerprint density at radius 3 is 3.11 bits per heavy atom. The summed E-state index contributed by atoms with van der Waals surface area (Å²) in [5, 5.41) is 16.8. The lowest BCUT2D eigenvalue weighted by Gasteiger charge is -2.39. The predicted molar refractivity (Wildman–Crippen MR) is 66.4 cm³/mol. The van der Waals surface area contributed by atoms with Crippen molar-refractivity contribution in [1.82, 2.24) is 15.1 Å². The Hall–Kier alpha value is -1.53. The maximum Gasteiger partial charge on any atom is 0.255 e. The molecule has 102 valence electrons. The summed E-state index contributed by atoms with van der Waals surface area (Å²) in [6.07, 6.45) is 4.78. The van der Waals surface area contributed by atoms with Gasteiger partial charge in [-0.25, -0.2) is 0 Å². The van der Waals surface area contributed by atoms with Crippen molar-refractivity contribution in [3.05, 3.63) is 24.0 Å². The zero-order chi connectivity index (χ0) is 13.2. The Morgan fingerprint density at radius 2 is 2.37 bits per heavy atom. The van der Waals surface area contributed by atoms with E-state index in [0.29, 0.717) is 18.7 Å². The molecular formula is C13H17N3O3. The number of carbonyl (C=O) groups is 1. The zero-order valence-corrected chi connectivity index (χ0v) is 10.6. The number of aromatic nitrogens is 2. The van der Waals surface area contributed by atoms with E-state index in [-0.39, 0.29) is 30.6 Å². The van der Waals surface area contributed by atoms with Gasteiger partial charge in [-0.05, 0) is 18.9 Å². The van der Waals surface area contributed by atoms with Gasteiger partial charge in [0.25, 0.3) is 5.91 Å². The van der Waals surface area contributed by atoms with Crippen LogP contribution in [0.15, 0.2) is 18.5 Å². The smallest absolute Gasteiger partial charge is 0.255 e. The van der Waals surface area contributed by atoms with Crippen molar-refractivity contribution in [2.24, 2.45) is 5.92 Å². The van der Waals surface area contributed by atoms with Crippen LogP contribution in [0.1, 0.15) is 23.2 Å². The number of morpholine rings is 1. The van der Waals surface area contributed by atoms with E-state index in [1.54, 1.807) is 6.07 Å². The van der Waals surface area contributed by atoms with E-state index < -0.39 is 0 Å². The first kappa shape index (κ1) is 12.5. The lowest BCUT2D eigenvalue weighted by molar-refractivity contribution is -0.0694. The van der Waals surface area contributed by atoms with Crippen LogP contribution < -0.4 is 0 Å². The van der Waals surface area contributed by atoms with Gasteiger partial charge in [-0.15, -0.1) is 0 Å². The average Bonchev–Trinajstić information content (AvgIpc) is 2.90. The summed E-state index contributed by atoms with van der Waals surface area (Å²) in [6.45, 7) is 1.25. The highest BCUT2D eigenvalue weighted by atomic mass is 16.5. The fourth-order valence-corrected chi connectivity index (χ4v) is 3.09. The molecule has 3 rings (SSSR count). The summed E-state index contributed by atoms with van der Waals surface area (Å²) in [5.41, 5.74) is 0.558. The summed E-state index contributed by atoms with van der Waals surface area (Å²) >= 11 is 0. The first-order valence-corrected chi connectivity index (χ1v) is 6.61. The van der Waals surface area contributed by atoms with Crippen LogP contribution in [0.3, 0.4) is 0 Å². The maximum absolute atomic E-state index is 12.5. The Balaban J connectivity index is 1.79. The molecular weight excluding hydrogens is 246 g/mol. The molecule has 6 nitrogen and oxygen atoms in total. The highest BCUT2D eigenvalue weighted by molar-refractivity contribution is 5.94. The topological polar surface area (TPSA) is 75.6 Å². The molecule has 0 aromatic carbocycles. The van der Waals surface area contributed by atoms with Crippen molar-refractivity contribution < 1.29 is 14.6 Å². The number of fused-ring (bicyclic) bond motifs is 1. The molecule has 0 radical (unpaired) electrons. The summed E-state index contributed by atoms with van der Waals surface area (Å²) in [5.74, 6) is 0.128. The first-order valence-electron chi connectivity index (χ1n) is 6.61. The molecule has 1 saturated heterocycles. The van der Waals surface area contributed by atoms with E-state index in [9.17, 15) is 9.90 Å². The highest BCUT2D eigenvalue weighted by Gasteiger charge is 2.44. The van der Waals surface area contributed by atoms with Gasteiger partial charge in [0.2, 0.25) is 0 Å². The normalized spacial score (nSPS) is 30.2. The lowest BCUT2D eigenvalue weighted by Crippen LogP contribution is -2.53. The molecule has 2 heterocycles. The number of nitrogens with zero attached hydrogens (tertiary/aromatic N) is 3. The van der Waals surface area contributed by atoms with Gasteiger partial charge < -0.3 is 14.7 Å². The second kappa shape index (κ2) is 5.22. The maximum atomic E-state index is 12.5. The van der Waals surface area contributed by atoms with E-state index in [0.717, 1.165) is 12.8 Å². The highest BCUT2D eigenvalue weighted by Crippen LogP contribution is 2.34. The number of aliphatic hydroxyl groups is 1. The van der Waals surface area contributed by atoms with Crippen LogP contribution >= 0.6 is 0 Å². The summed E-state index contributed by atoms with van der Waals surface area (Å²) < 4.78 is 5.74. The number of aliphatic hydroxyl groups excluding tert-OH is 1. The monoisotopic (exact) mass is 263 g/mol. The average molecular weight is 263 g/mol. The molecule has 1 aliphatic carbocycles. The molecule has 3 unspecified atom stereocenters. The van der Waals surface area contributed by atoms with Crippen molar-refractivity contribution >= 4 is 5.91 Å². The van der Waals surface area contributed by atoms with Crippen LogP contribution in [0.4, 0.5) is 0 Å². The van der Waals surface area contributed by atoms with Gasteiger partial charge in [0, 0.05) is 19.1 Å². The van der Waals surface area contributed by atoms with Crippen molar-refractivity contribution in [3.8, 4) is 0 Å². The van der Waals surface area contributed by atoms with Gasteiger partial charge in [0.1, 0.15) is 0 Å². The Kier molecular flexibility index (Phi) is 3.44. The van der Waals surface area contributed by atoms with Gasteiger partial charge in [0.05, 0.1) is 36.7 Å². The summed E-state index contributed by atoms with van der Waals surface area (Å²) in [6, 6.07) is 1.75. The number of rotatable bonds is 2. The fraction of sp³-hybridized carbons (Fsp3) is 0.615. The van der Waals surface area contributed by atoms with E-state index >= 15 is 0 Å².